The lowest BCUT2D eigenvalue weighted by Gasteiger charge is -2.08. The molecule has 0 radical (unpaired) electrons. The summed E-state index contributed by atoms with van der Waals surface area (Å²) >= 11 is 16.9. The summed E-state index contributed by atoms with van der Waals surface area (Å²) in [6.45, 7) is 0.342. The summed E-state index contributed by atoms with van der Waals surface area (Å²) in [5, 5.41) is 6.78. The van der Waals surface area contributed by atoms with Crippen molar-refractivity contribution >= 4 is 52.5 Å². The molecule has 7 heteroatoms. The molecule has 0 aromatic heterocycles. The van der Waals surface area contributed by atoms with Crippen LogP contribution in [0.1, 0.15) is 11.1 Å². The van der Waals surface area contributed by atoms with E-state index in [-0.39, 0.29) is 5.91 Å². The predicted molar refractivity (Wildman–Crippen MR) is 99.1 cm³/mol. The van der Waals surface area contributed by atoms with Crippen molar-refractivity contribution in [3.05, 3.63) is 69.3 Å². The van der Waals surface area contributed by atoms with Gasteiger partial charge in [-0.15, -0.1) is 0 Å². The van der Waals surface area contributed by atoms with Crippen LogP contribution in [0, 0.1) is 0 Å². The number of carbonyl (C=O) groups is 1. The van der Waals surface area contributed by atoms with E-state index in [4.69, 9.17) is 40.2 Å². The van der Waals surface area contributed by atoms with Crippen molar-refractivity contribution in [2.45, 2.75) is 6.61 Å². The van der Waals surface area contributed by atoms with Crippen molar-refractivity contribution in [2.24, 2.45) is 0 Å². The van der Waals surface area contributed by atoms with Crippen molar-refractivity contribution in [3.63, 3.8) is 0 Å². The summed E-state index contributed by atoms with van der Waals surface area (Å²) in [5.74, 6) is 0.459. The topological polar surface area (TPSA) is 50.4 Å². The molecule has 0 bridgehead atoms. The summed E-state index contributed by atoms with van der Waals surface area (Å²) in [6, 6.07) is 12.6. The minimum absolute atomic E-state index is 0.238. The molecule has 0 atom stereocenters. The Morgan fingerprint density at radius 3 is 2.46 bits per heavy atom. The van der Waals surface area contributed by atoms with Gasteiger partial charge in [-0.05, 0) is 48.1 Å². The largest absolute Gasteiger partial charge is 0.489 e. The Morgan fingerprint density at radius 2 is 1.83 bits per heavy atom. The van der Waals surface area contributed by atoms with E-state index in [1.807, 2.05) is 30.3 Å². The van der Waals surface area contributed by atoms with Gasteiger partial charge in [-0.25, -0.2) is 0 Å². The van der Waals surface area contributed by atoms with Crippen LogP contribution in [0.5, 0.6) is 5.75 Å². The van der Waals surface area contributed by atoms with Crippen molar-refractivity contribution in [2.75, 3.05) is 0 Å². The molecule has 0 saturated carbocycles. The number of amides is 1. The Hall–Kier alpha value is -2.08. The molecule has 2 aromatic carbocycles. The summed E-state index contributed by atoms with van der Waals surface area (Å²) in [7, 11) is 0. The molecule has 2 N–H and O–H groups in total. The minimum atomic E-state index is -0.238. The van der Waals surface area contributed by atoms with Crippen molar-refractivity contribution in [1.82, 2.24) is 10.6 Å². The zero-order valence-electron chi connectivity index (χ0n) is 12.3. The van der Waals surface area contributed by atoms with E-state index >= 15 is 0 Å². The molecule has 0 spiro atoms. The highest BCUT2D eigenvalue weighted by Gasteiger charge is 2.19. The Balaban J connectivity index is 1.65. The normalized spacial score (nSPS) is 15.3. The number of thiocarbonyl (C=S) groups is 1. The maximum atomic E-state index is 11.6. The molecule has 0 aliphatic carbocycles. The van der Waals surface area contributed by atoms with E-state index in [0.717, 1.165) is 11.1 Å². The third-order valence-electron chi connectivity index (χ3n) is 3.32. The first kappa shape index (κ1) is 16.8. The van der Waals surface area contributed by atoms with Crippen LogP contribution in [0.3, 0.4) is 0 Å². The molecule has 2 aromatic rings. The van der Waals surface area contributed by atoms with Gasteiger partial charge in [0.15, 0.2) is 5.11 Å². The Bertz CT molecular complexity index is 835. The fraction of sp³-hybridized carbons (Fsp3) is 0.0588. The smallest absolute Gasteiger partial charge is 0.273 e. The molecule has 1 heterocycles. The summed E-state index contributed by atoms with van der Waals surface area (Å²) in [5.41, 5.74) is 2.13. The lowest BCUT2D eigenvalue weighted by molar-refractivity contribution is -0.115. The van der Waals surface area contributed by atoms with Crippen LogP contribution >= 0.6 is 35.4 Å². The third-order valence-corrected chi connectivity index (χ3v) is 4.11. The number of hydrogen-bond donors (Lipinski definition) is 2. The van der Waals surface area contributed by atoms with Crippen molar-refractivity contribution in [1.29, 1.82) is 0 Å². The number of carbonyl (C=O) groups excluding carboxylic acids is 1. The van der Waals surface area contributed by atoms with E-state index in [9.17, 15) is 4.79 Å². The summed E-state index contributed by atoms with van der Waals surface area (Å²) < 4.78 is 5.71. The van der Waals surface area contributed by atoms with E-state index in [1.54, 1.807) is 18.2 Å². The highest BCUT2D eigenvalue weighted by atomic mass is 35.5. The van der Waals surface area contributed by atoms with Crippen LogP contribution in [0.4, 0.5) is 0 Å². The zero-order chi connectivity index (χ0) is 17.1. The number of nitrogens with one attached hydrogen (secondary N) is 2. The van der Waals surface area contributed by atoms with E-state index < -0.39 is 0 Å². The molecular formula is C17H12Cl2N2O2S. The van der Waals surface area contributed by atoms with Gasteiger partial charge in [-0.1, -0.05) is 41.4 Å². The first-order valence-electron chi connectivity index (χ1n) is 7.02. The van der Waals surface area contributed by atoms with Gasteiger partial charge < -0.3 is 10.1 Å². The van der Waals surface area contributed by atoms with Gasteiger partial charge in [0.1, 0.15) is 18.1 Å². The number of halogens is 2. The quantitative estimate of drug-likeness (QED) is 0.625. The molecule has 122 valence electrons. The second-order valence-electron chi connectivity index (χ2n) is 5.06. The summed E-state index contributed by atoms with van der Waals surface area (Å²) in [4.78, 5) is 11.6. The van der Waals surface area contributed by atoms with E-state index in [0.29, 0.717) is 33.2 Å². The Kier molecular flexibility index (Phi) is 5.04. The fourth-order valence-electron chi connectivity index (χ4n) is 2.11. The first-order valence-corrected chi connectivity index (χ1v) is 8.18. The van der Waals surface area contributed by atoms with Crippen molar-refractivity contribution in [3.8, 4) is 5.75 Å². The number of benzene rings is 2. The molecule has 1 aliphatic heterocycles. The third kappa shape index (κ3) is 4.06. The van der Waals surface area contributed by atoms with Crippen LogP contribution < -0.4 is 15.4 Å². The van der Waals surface area contributed by atoms with Gasteiger partial charge >= 0.3 is 0 Å². The van der Waals surface area contributed by atoms with E-state index in [1.165, 1.54) is 0 Å². The van der Waals surface area contributed by atoms with Crippen LogP contribution in [-0.2, 0) is 11.4 Å². The molecule has 1 fully saturated rings. The van der Waals surface area contributed by atoms with Gasteiger partial charge in [-0.2, -0.15) is 0 Å². The molecule has 3 rings (SSSR count). The highest BCUT2D eigenvalue weighted by Crippen LogP contribution is 2.23. The molecule has 4 nitrogen and oxygen atoms in total. The number of rotatable bonds is 4. The van der Waals surface area contributed by atoms with Crippen LogP contribution in [0.25, 0.3) is 6.08 Å². The minimum Gasteiger partial charge on any atom is -0.489 e. The van der Waals surface area contributed by atoms with Gasteiger partial charge in [0.05, 0.1) is 0 Å². The lowest BCUT2D eigenvalue weighted by atomic mass is 10.2. The zero-order valence-corrected chi connectivity index (χ0v) is 14.6. The van der Waals surface area contributed by atoms with Crippen LogP contribution in [0.2, 0.25) is 10.0 Å². The van der Waals surface area contributed by atoms with E-state index in [2.05, 4.69) is 10.6 Å². The highest BCUT2D eigenvalue weighted by molar-refractivity contribution is 7.80. The first-order chi connectivity index (χ1) is 11.5. The van der Waals surface area contributed by atoms with Gasteiger partial charge in [0.25, 0.3) is 5.91 Å². The molecule has 24 heavy (non-hydrogen) atoms. The van der Waals surface area contributed by atoms with Gasteiger partial charge in [-0.3, -0.25) is 10.1 Å². The molecule has 1 aliphatic rings. The van der Waals surface area contributed by atoms with Crippen molar-refractivity contribution < 1.29 is 9.53 Å². The Morgan fingerprint density at radius 1 is 1.08 bits per heavy atom. The van der Waals surface area contributed by atoms with Gasteiger partial charge in [0, 0.05) is 15.6 Å². The average Bonchev–Trinajstić information content (AvgIpc) is 2.85. The second-order valence-corrected chi connectivity index (χ2v) is 6.31. The molecular weight excluding hydrogens is 367 g/mol. The fourth-order valence-corrected chi connectivity index (χ4v) is 2.77. The summed E-state index contributed by atoms with van der Waals surface area (Å²) in [6.07, 6.45) is 1.72. The molecule has 1 amide bonds. The van der Waals surface area contributed by atoms with Gasteiger partial charge in [0.2, 0.25) is 0 Å². The maximum Gasteiger partial charge on any atom is 0.273 e. The standard InChI is InChI=1S/C17H12Cl2N2O2S/c18-12-4-3-11(14(19)8-12)9-23-13-5-1-10(2-6-13)7-15-16(22)21-17(24)20-15/h1-8H,9H2,(H2,20,21,22,24). The van der Waals surface area contributed by atoms with Crippen LogP contribution in [0.15, 0.2) is 48.2 Å². The lowest BCUT2D eigenvalue weighted by Crippen LogP contribution is -2.21. The second kappa shape index (κ2) is 7.21. The average molecular weight is 379 g/mol. The monoisotopic (exact) mass is 378 g/mol. The number of ether oxygens (including phenoxy) is 1. The molecule has 0 unspecified atom stereocenters. The maximum absolute atomic E-state index is 11.6. The Labute approximate surface area is 154 Å². The molecule has 1 saturated heterocycles. The SMILES string of the molecule is O=C1NC(=S)NC1=Cc1ccc(OCc2ccc(Cl)cc2Cl)cc1. The predicted octanol–water partition coefficient (Wildman–Crippen LogP) is 3.92. The number of hydrogen-bond acceptors (Lipinski definition) is 3. The van der Waals surface area contributed by atoms with Crippen LogP contribution in [-0.4, -0.2) is 11.0 Å².